The molecule has 0 aliphatic rings. The fourth-order valence-corrected chi connectivity index (χ4v) is 6.20. The van der Waals surface area contributed by atoms with Gasteiger partial charge in [-0.3, -0.25) is 0 Å². The molecule has 2 aromatic carbocycles. The average molecular weight is 487 g/mol. The second-order valence-corrected chi connectivity index (χ2v) is 13.7. The van der Waals surface area contributed by atoms with Gasteiger partial charge in [-0.05, 0) is 40.6 Å². The van der Waals surface area contributed by atoms with Crippen LogP contribution in [0, 0.1) is 0 Å². The summed E-state index contributed by atoms with van der Waals surface area (Å²) in [6.45, 7) is 20.3. The normalized spacial score (nSPS) is 15.5. The number of hydrogen-bond donors (Lipinski definition) is 1. The van der Waals surface area contributed by atoms with Crippen molar-refractivity contribution in [2.45, 2.75) is 104 Å². The van der Waals surface area contributed by atoms with Gasteiger partial charge >= 0.3 is 0 Å². The van der Waals surface area contributed by atoms with Crippen LogP contribution >= 0.6 is 8.58 Å². The Kier molecular flexibility index (Phi) is 9.79. The fourth-order valence-electron chi connectivity index (χ4n) is 4.37. The largest absolute Gasteiger partial charge is 0.467 e. The molecule has 190 valence electrons. The van der Waals surface area contributed by atoms with E-state index in [1.165, 1.54) is 22.0 Å². The van der Waals surface area contributed by atoms with Crippen molar-refractivity contribution in [2.24, 2.45) is 0 Å². The van der Waals surface area contributed by atoms with Gasteiger partial charge in [-0.25, -0.2) is 0 Å². The maximum atomic E-state index is 10.5. The lowest BCUT2D eigenvalue weighted by Crippen LogP contribution is -2.26. The molecule has 4 heteroatoms. The quantitative estimate of drug-likeness (QED) is 0.276. The van der Waals surface area contributed by atoms with Gasteiger partial charge in [0.15, 0.2) is 6.79 Å². The van der Waals surface area contributed by atoms with E-state index in [0.29, 0.717) is 8.58 Å². The minimum atomic E-state index is -0.491. The van der Waals surface area contributed by atoms with Crippen molar-refractivity contribution >= 4 is 13.9 Å². The number of unbranched alkanes of at least 4 members (excludes halogenated alkanes) is 1. The summed E-state index contributed by atoms with van der Waals surface area (Å²) in [5.41, 5.74) is 4.77. The Balaban J connectivity index is 2.85. The van der Waals surface area contributed by atoms with Gasteiger partial charge in [0.25, 0.3) is 0 Å². The molecule has 0 aliphatic carbocycles. The first kappa shape index (κ1) is 28.8. The number of aliphatic hydroxyl groups is 1. The van der Waals surface area contributed by atoms with Gasteiger partial charge in [-0.1, -0.05) is 113 Å². The van der Waals surface area contributed by atoms with Crippen molar-refractivity contribution in [3.05, 3.63) is 58.7 Å². The van der Waals surface area contributed by atoms with Crippen LogP contribution in [0.2, 0.25) is 0 Å². The van der Waals surface area contributed by atoms with Crippen LogP contribution in [0.1, 0.15) is 110 Å². The van der Waals surface area contributed by atoms with E-state index in [2.05, 4.69) is 85.7 Å². The molecule has 3 unspecified atom stereocenters. The Bertz CT molecular complexity index is 937. The molecule has 34 heavy (non-hydrogen) atoms. The zero-order chi connectivity index (χ0) is 25.7. The Morgan fingerprint density at radius 3 is 2.09 bits per heavy atom. The molecule has 1 N–H and O–H groups in total. The third-order valence-electron chi connectivity index (χ3n) is 6.53. The Morgan fingerprint density at radius 1 is 0.941 bits per heavy atom. The molecule has 0 radical (unpaired) electrons. The van der Waals surface area contributed by atoms with Crippen molar-refractivity contribution in [3.63, 3.8) is 0 Å². The highest BCUT2D eigenvalue weighted by Gasteiger charge is 2.35. The van der Waals surface area contributed by atoms with E-state index in [1.54, 1.807) is 7.11 Å². The Morgan fingerprint density at radius 2 is 1.56 bits per heavy atom. The summed E-state index contributed by atoms with van der Waals surface area (Å²) in [5, 5.41) is 11.6. The first-order chi connectivity index (χ1) is 15.7. The number of methoxy groups -OCH3 is 1. The van der Waals surface area contributed by atoms with Crippen LogP contribution < -0.4 is 10.0 Å². The lowest BCUT2D eigenvalue weighted by molar-refractivity contribution is 0.0486. The van der Waals surface area contributed by atoms with Gasteiger partial charge in [0, 0.05) is 23.4 Å². The van der Waals surface area contributed by atoms with E-state index in [-0.39, 0.29) is 22.8 Å². The molecule has 0 saturated carbocycles. The van der Waals surface area contributed by atoms with Crippen molar-refractivity contribution < 1.29 is 14.6 Å². The van der Waals surface area contributed by atoms with E-state index >= 15 is 0 Å². The van der Waals surface area contributed by atoms with E-state index < -0.39 is 6.10 Å². The minimum Gasteiger partial charge on any atom is -0.467 e. The van der Waals surface area contributed by atoms with Crippen molar-refractivity contribution in [1.29, 1.82) is 0 Å². The number of aliphatic hydroxyl groups excluding tert-OH is 1. The molecular weight excluding hydrogens is 439 g/mol. The highest BCUT2D eigenvalue weighted by Crippen LogP contribution is 2.52. The summed E-state index contributed by atoms with van der Waals surface area (Å²) in [5.74, 6) is 0.961. The third kappa shape index (κ3) is 7.06. The molecule has 0 amide bonds. The zero-order valence-electron chi connectivity index (χ0n) is 23.1. The first-order valence-corrected chi connectivity index (χ1v) is 13.6. The smallest absolute Gasteiger partial charge is 0.188 e. The standard InChI is InChI=1S/C30H47O3P/c1-11-12-17-30(9,34-26-16-14-13-15-23(26)21(2)31)25-19-22(28(3,4)5)18-24(29(6,7)8)27(25)33-20-32-10/h13-16,18-19,21,31,34H,11-12,17,20H2,1-10H3. The molecule has 0 heterocycles. The lowest BCUT2D eigenvalue weighted by Gasteiger charge is -2.37. The van der Waals surface area contributed by atoms with Gasteiger partial charge in [0.2, 0.25) is 0 Å². The van der Waals surface area contributed by atoms with E-state index in [9.17, 15) is 5.11 Å². The average Bonchev–Trinajstić information content (AvgIpc) is 2.74. The summed E-state index contributed by atoms with van der Waals surface area (Å²) in [6, 6.07) is 13.1. The summed E-state index contributed by atoms with van der Waals surface area (Å²) in [7, 11) is 2.19. The van der Waals surface area contributed by atoms with Crippen LogP contribution in [-0.4, -0.2) is 19.0 Å². The highest BCUT2D eigenvalue weighted by atomic mass is 31.1. The molecule has 3 atom stereocenters. The predicted molar refractivity (Wildman–Crippen MR) is 148 cm³/mol. The monoisotopic (exact) mass is 486 g/mol. The molecule has 0 saturated heterocycles. The van der Waals surface area contributed by atoms with E-state index in [0.717, 1.165) is 30.6 Å². The summed E-state index contributed by atoms with van der Waals surface area (Å²) >= 11 is 0. The minimum absolute atomic E-state index is 0.0147. The zero-order valence-corrected chi connectivity index (χ0v) is 24.1. The molecule has 0 fully saturated rings. The molecule has 0 spiro atoms. The number of benzene rings is 2. The van der Waals surface area contributed by atoms with Gasteiger partial charge in [0.05, 0.1) is 6.10 Å². The van der Waals surface area contributed by atoms with Gasteiger partial charge in [-0.15, -0.1) is 0 Å². The highest BCUT2D eigenvalue weighted by molar-refractivity contribution is 7.48. The fraction of sp³-hybridized carbons (Fsp3) is 0.600. The lowest BCUT2D eigenvalue weighted by atomic mass is 9.76. The van der Waals surface area contributed by atoms with Crippen LogP contribution in [-0.2, 0) is 20.7 Å². The number of hydrogen-bond acceptors (Lipinski definition) is 3. The number of rotatable bonds is 10. The van der Waals surface area contributed by atoms with Gasteiger partial charge < -0.3 is 14.6 Å². The molecular formula is C30H47O3P. The molecule has 0 aliphatic heterocycles. The van der Waals surface area contributed by atoms with E-state index in [4.69, 9.17) is 9.47 Å². The first-order valence-electron chi connectivity index (χ1n) is 12.6. The van der Waals surface area contributed by atoms with Crippen LogP contribution in [0.4, 0.5) is 0 Å². The van der Waals surface area contributed by atoms with Gasteiger partial charge in [0.1, 0.15) is 5.75 Å². The maximum absolute atomic E-state index is 10.5. The summed E-state index contributed by atoms with van der Waals surface area (Å²) in [4.78, 5) is 0. The SMILES string of the molecule is CCCCC(C)(Pc1ccccc1C(C)O)c1cc(C(C)(C)C)cc(C(C)(C)C)c1OCOC. The van der Waals surface area contributed by atoms with Crippen molar-refractivity contribution in [2.75, 3.05) is 13.9 Å². The Labute approximate surface area is 210 Å². The van der Waals surface area contributed by atoms with Crippen molar-refractivity contribution in [3.8, 4) is 5.75 Å². The van der Waals surface area contributed by atoms with Crippen molar-refractivity contribution in [1.82, 2.24) is 0 Å². The molecule has 2 aromatic rings. The topological polar surface area (TPSA) is 38.7 Å². The predicted octanol–water partition coefficient (Wildman–Crippen LogP) is 7.73. The number of ether oxygens (including phenoxy) is 2. The second-order valence-electron chi connectivity index (χ2n) is 11.8. The molecule has 2 rings (SSSR count). The molecule has 3 nitrogen and oxygen atoms in total. The second kappa shape index (κ2) is 11.5. The van der Waals surface area contributed by atoms with Crippen LogP contribution in [0.25, 0.3) is 0 Å². The van der Waals surface area contributed by atoms with Gasteiger partial charge in [-0.2, -0.15) is 0 Å². The molecule has 0 aromatic heterocycles. The molecule has 0 bridgehead atoms. The van der Waals surface area contributed by atoms with E-state index in [1.807, 2.05) is 13.0 Å². The third-order valence-corrected chi connectivity index (χ3v) is 8.33. The summed E-state index contributed by atoms with van der Waals surface area (Å²) < 4.78 is 11.8. The summed E-state index contributed by atoms with van der Waals surface area (Å²) in [6.07, 6.45) is 2.83. The van der Waals surface area contributed by atoms with Crippen LogP contribution in [0.5, 0.6) is 5.75 Å². The Hall–Kier alpha value is -1.41. The maximum Gasteiger partial charge on any atom is 0.188 e. The van der Waals surface area contributed by atoms with Crippen LogP contribution in [0.15, 0.2) is 36.4 Å². The van der Waals surface area contributed by atoms with Crippen LogP contribution in [0.3, 0.4) is 0 Å².